The molecule has 0 aromatic heterocycles. The van der Waals surface area contributed by atoms with E-state index in [-0.39, 0.29) is 5.57 Å². The Kier molecular flexibility index (Phi) is 5.37. The van der Waals surface area contributed by atoms with Crippen LogP contribution in [0.1, 0.15) is 13.3 Å². The fourth-order valence-electron chi connectivity index (χ4n) is 1.17. The zero-order valence-corrected chi connectivity index (χ0v) is 10.9. The molecule has 0 saturated carbocycles. The number of para-hydroxylation sites is 1. The molecule has 4 nitrogen and oxygen atoms in total. The number of rotatable bonds is 6. The second-order valence-corrected chi connectivity index (χ2v) is 4.21. The molecule has 108 valence electrons. The number of alkyl halides is 2. The van der Waals surface area contributed by atoms with Crippen molar-refractivity contribution in [1.29, 1.82) is 0 Å². The van der Waals surface area contributed by atoms with Crippen LogP contribution >= 0.6 is 0 Å². The molecule has 0 spiro atoms. The second-order valence-electron chi connectivity index (χ2n) is 4.21. The van der Waals surface area contributed by atoms with Crippen LogP contribution in [-0.2, 0) is 14.3 Å². The summed E-state index contributed by atoms with van der Waals surface area (Å²) < 4.78 is 34.2. The van der Waals surface area contributed by atoms with E-state index in [2.05, 4.69) is 11.3 Å². The van der Waals surface area contributed by atoms with E-state index >= 15 is 0 Å². The monoisotopic (exact) mass is 284 g/mol. The van der Waals surface area contributed by atoms with Gasteiger partial charge in [0.1, 0.15) is 5.75 Å². The molecule has 0 aliphatic carbocycles. The van der Waals surface area contributed by atoms with Crippen molar-refractivity contribution in [1.82, 2.24) is 0 Å². The van der Waals surface area contributed by atoms with Gasteiger partial charge in [0.25, 0.3) is 5.92 Å². The molecule has 0 atom stereocenters. The van der Waals surface area contributed by atoms with Crippen molar-refractivity contribution < 1.29 is 27.8 Å². The van der Waals surface area contributed by atoms with Crippen molar-refractivity contribution in [2.24, 2.45) is 0 Å². The van der Waals surface area contributed by atoms with E-state index in [1.807, 2.05) is 0 Å². The molecule has 0 N–H and O–H groups in total. The van der Waals surface area contributed by atoms with Gasteiger partial charge in [-0.1, -0.05) is 24.8 Å². The molecule has 0 unspecified atom stereocenters. The van der Waals surface area contributed by atoms with Crippen LogP contribution in [0.4, 0.5) is 8.78 Å². The zero-order chi connectivity index (χ0) is 15.2. The lowest BCUT2D eigenvalue weighted by Gasteiger charge is -2.11. The van der Waals surface area contributed by atoms with Gasteiger partial charge >= 0.3 is 11.9 Å². The predicted molar refractivity (Wildman–Crippen MR) is 67.4 cm³/mol. The largest absolute Gasteiger partial charge is 0.459 e. The first-order valence-electron chi connectivity index (χ1n) is 5.76. The van der Waals surface area contributed by atoms with Crippen LogP contribution < -0.4 is 4.74 Å². The minimum absolute atomic E-state index is 0.168. The molecule has 1 rings (SSSR count). The Labute approximate surface area is 115 Å². The van der Waals surface area contributed by atoms with E-state index in [1.165, 1.54) is 0 Å². The number of carbonyl (C=O) groups excluding carboxylic acids is 2. The summed E-state index contributed by atoms with van der Waals surface area (Å²) in [7, 11) is 0. The first-order valence-corrected chi connectivity index (χ1v) is 5.76. The number of ether oxygens (including phenoxy) is 2. The number of benzene rings is 1. The molecule has 0 fully saturated rings. The summed E-state index contributed by atoms with van der Waals surface area (Å²) in [5, 5.41) is 0. The molecule has 0 aliphatic rings. The summed E-state index contributed by atoms with van der Waals surface area (Å²) in [5.41, 5.74) is -0.168. The van der Waals surface area contributed by atoms with E-state index in [4.69, 9.17) is 4.74 Å². The maximum absolute atomic E-state index is 12.5. The first kappa shape index (κ1) is 15.8. The van der Waals surface area contributed by atoms with Crippen molar-refractivity contribution in [3.63, 3.8) is 0 Å². The minimum Gasteiger partial charge on any atom is -0.459 e. The third-order valence-corrected chi connectivity index (χ3v) is 2.09. The molecule has 0 radical (unpaired) electrons. The normalized spacial score (nSPS) is 10.8. The molecule has 0 heterocycles. The highest BCUT2D eigenvalue weighted by molar-refractivity contribution is 5.94. The summed E-state index contributed by atoms with van der Waals surface area (Å²) >= 11 is 0. The maximum Gasteiger partial charge on any atom is 0.339 e. The Morgan fingerprint density at radius 2 is 1.85 bits per heavy atom. The highest BCUT2D eigenvalue weighted by Gasteiger charge is 2.24. The van der Waals surface area contributed by atoms with Crippen molar-refractivity contribution in [2.45, 2.75) is 19.3 Å². The number of halogens is 2. The highest BCUT2D eigenvalue weighted by atomic mass is 19.3. The summed E-state index contributed by atoms with van der Waals surface area (Å²) in [6.07, 6.45) is -0.498. The SMILES string of the molecule is C=C(CC(=O)OCC(C)(F)F)C(=O)Oc1ccccc1. The Bertz CT molecular complexity index is 492. The number of hydrogen-bond acceptors (Lipinski definition) is 4. The van der Waals surface area contributed by atoms with Gasteiger partial charge in [0.2, 0.25) is 0 Å². The summed E-state index contributed by atoms with van der Waals surface area (Å²) in [5.74, 6) is -4.58. The van der Waals surface area contributed by atoms with Crippen molar-refractivity contribution in [3.05, 3.63) is 42.5 Å². The molecular formula is C14H14F2O4. The van der Waals surface area contributed by atoms with Gasteiger partial charge in [-0.2, -0.15) is 0 Å². The summed E-state index contributed by atoms with van der Waals surface area (Å²) in [6, 6.07) is 8.20. The van der Waals surface area contributed by atoms with Crippen LogP contribution in [0.3, 0.4) is 0 Å². The van der Waals surface area contributed by atoms with Gasteiger partial charge < -0.3 is 9.47 Å². The molecule has 1 aromatic rings. The first-order chi connectivity index (χ1) is 9.28. The van der Waals surface area contributed by atoms with Gasteiger partial charge in [-0.05, 0) is 12.1 Å². The molecule has 20 heavy (non-hydrogen) atoms. The molecule has 0 amide bonds. The Hall–Kier alpha value is -2.24. The lowest BCUT2D eigenvalue weighted by Crippen LogP contribution is -2.23. The molecule has 1 aromatic carbocycles. The molecule has 0 saturated heterocycles. The van der Waals surface area contributed by atoms with Crippen LogP contribution in [0.25, 0.3) is 0 Å². The van der Waals surface area contributed by atoms with E-state index in [9.17, 15) is 18.4 Å². The van der Waals surface area contributed by atoms with Gasteiger partial charge in [0.15, 0.2) is 6.61 Å². The Morgan fingerprint density at radius 1 is 1.25 bits per heavy atom. The fourth-order valence-corrected chi connectivity index (χ4v) is 1.17. The average Bonchev–Trinajstić information content (AvgIpc) is 2.36. The van der Waals surface area contributed by atoms with Crippen LogP contribution in [0.5, 0.6) is 5.75 Å². The van der Waals surface area contributed by atoms with Gasteiger partial charge in [0, 0.05) is 12.5 Å². The van der Waals surface area contributed by atoms with E-state index in [1.54, 1.807) is 30.3 Å². The van der Waals surface area contributed by atoms with Crippen molar-refractivity contribution in [2.75, 3.05) is 6.61 Å². The standard InChI is InChI=1S/C14H14F2O4/c1-10(8-12(17)19-9-14(2,15)16)13(18)20-11-6-4-3-5-7-11/h3-7H,1,8-9H2,2H3. The van der Waals surface area contributed by atoms with E-state index in [0.29, 0.717) is 12.7 Å². The van der Waals surface area contributed by atoms with Crippen molar-refractivity contribution >= 4 is 11.9 Å². The molecule has 0 bridgehead atoms. The summed E-state index contributed by atoms with van der Waals surface area (Å²) in [4.78, 5) is 22.8. The van der Waals surface area contributed by atoms with Crippen LogP contribution in [-0.4, -0.2) is 24.5 Å². The van der Waals surface area contributed by atoms with E-state index in [0.717, 1.165) is 0 Å². The maximum atomic E-state index is 12.5. The van der Waals surface area contributed by atoms with Crippen LogP contribution in [0, 0.1) is 0 Å². The second kappa shape index (κ2) is 6.79. The Morgan fingerprint density at radius 3 is 2.40 bits per heavy atom. The van der Waals surface area contributed by atoms with Gasteiger partial charge in [-0.15, -0.1) is 0 Å². The topological polar surface area (TPSA) is 52.6 Å². The van der Waals surface area contributed by atoms with Gasteiger partial charge in [0.05, 0.1) is 6.42 Å². The number of carbonyl (C=O) groups is 2. The quantitative estimate of drug-likeness (QED) is 0.458. The average molecular weight is 284 g/mol. The highest BCUT2D eigenvalue weighted by Crippen LogP contribution is 2.14. The van der Waals surface area contributed by atoms with Gasteiger partial charge in [-0.25, -0.2) is 13.6 Å². The fraction of sp³-hybridized carbons (Fsp3) is 0.286. The lowest BCUT2D eigenvalue weighted by atomic mass is 10.2. The third kappa shape index (κ3) is 6.08. The number of esters is 2. The zero-order valence-electron chi connectivity index (χ0n) is 10.9. The smallest absolute Gasteiger partial charge is 0.339 e. The Balaban J connectivity index is 2.42. The van der Waals surface area contributed by atoms with E-state index < -0.39 is 30.9 Å². The van der Waals surface area contributed by atoms with Gasteiger partial charge in [-0.3, -0.25) is 4.79 Å². The molecule has 6 heteroatoms. The summed E-state index contributed by atoms with van der Waals surface area (Å²) in [6.45, 7) is 2.96. The van der Waals surface area contributed by atoms with Crippen LogP contribution in [0.15, 0.2) is 42.5 Å². The van der Waals surface area contributed by atoms with Crippen molar-refractivity contribution in [3.8, 4) is 5.75 Å². The van der Waals surface area contributed by atoms with Crippen LogP contribution in [0.2, 0.25) is 0 Å². The third-order valence-electron chi connectivity index (χ3n) is 2.09. The predicted octanol–water partition coefficient (Wildman–Crippen LogP) is 2.74. The minimum atomic E-state index is -3.11. The lowest BCUT2D eigenvalue weighted by molar-refractivity contribution is -0.153. The molecular weight excluding hydrogens is 270 g/mol. The molecule has 0 aliphatic heterocycles. The number of hydrogen-bond donors (Lipinski definition) is 0.